The number of fused-ring (bicyclic) bond motifs is 2. The number of anilines is 2. The number of halogens is 6. The van der Waals surface area contributed by atoms with Gasteiger partial charge in [0.1, 0.15) is 41.3 Å². The molecular weight excluding hydrogens is 599 g/mol. The summed E-state index contributed by atoms with van der Waals surface area (Å²) in [5.74, 6) is -1.05. The number of nitrogens with two attached hydrogens (primary N) is 1. The lowest BCUT2D eigenvalue weighted by Crippen LogP contribution is -2.50. The first-order valence-corrected chi connectivity index (χ1v) is 14.4. The third-order valence-electron chi connectivity index (χ3n) is 8.95. The molecule has 0 saturated carbocycles. The van der Waals surface area contributed by atoms with Crippen molar-refractivity contribution in [2.75, 3.05) is 50.6 Å². The number of hydrogen-bond acceptors (Lipinski definition) is 9. The smallest absolute Gasteiger partial charge is 0.418 e. The number of aromatic nitrogens is 3. The van der Waals surface area contributed by atoms with Gasteiger partial charge >= 0.3 is 12.2 Å². The quantitative estimate of drug-likeness (QED) is 0.316. The molecule has 1 aromatic carbocycles. The Morgan fingerprint density at radius 3 is 2.84 bits per heavy atom. The number of nitrogen functional groups attached to an aromatic ring is 1. The van der Waals surface area contributed by atoms with Crippen molar-refractivity contribution >= 4 is 34.0 Å². The molecule has 3 aromatic rings. The Labute approximate surface area is 248 Å². The van der Waals surface area contributed by atoms with Crippen LogP contribution in [0.5, 0.6) is 11.9 Å². The molecule has 2 aromatic heterocycles. The molecule has 9 nitrogen and oxygen atoms in total. The maximum Gasteiger partial charge on any atom is 0.418 e. The molecule has 7 rings (SSSR count). The lowest BCUT2D eigenvalue weighted by Gasteiger charge is -2.35. The number of hydrogen-bond donors (Lipinski definition) is 1. The predicted molar refractivity (Wildman–Crippen MR) is 148 cm³/mol. The lowest BCUT2D eigenvalue weighted by molar-refractivity contribution is -0.137. The normalized spacial score (nSPS) is 27.1. The summed E-state index contributed by atoms with van der Waals surface area (Å²) < 4.78 is 91.5. The van der Waals surface area contributed by atoms with Gasteiger partial charge in [-0.2, -0.15) is 23.1 Å². The number of nitrogens with zero attached hydrogens (tertiary/aromatic N) is 5. The van der Waals surface area contributed by atoms with Gasteiger partial charge in [-0.05, 0) is 31.5 Å². The van der Waals surface area contributed by atoms with Gasteiger partial charge in [0.05, 0.1) is 35.4 Å². The van der Waals surface area contributed by atoms with Crippen LogP contribution in [0.25, 0.3) is 22.2 Å². The van der Waals surface area contributed by atoms with Crippen LogP contribution in [0.2, 0.25) is 5.02 Å². The van der Waals surface area contributed by atoms with E-state index in [0.717, 1.165) is 31.5 Å². The molecule has 0 amide bonds. The van der Waals surface area contributed by atoms with Gasteiger partial charge in [0.25, 0.3) is 0 Å². The zero-order valence-electron chi connectivity index (χ0n) is 23.1. The molecule has 2 N–H and O–H groups in total. The maximum absolute atomic E-state index is 16.5. The van der Waals surface area contributed by atoms with Crippen molar-refractivity contribution in [2.24, 2.45) is 0 Å². The third kappa shape index (κ3) is 4.69. The van der Waals surface area contributed by atoms with E-state index in [-0.39, 0.29) is 53.6 Å². The van der Waals surface area contributed by atoms with Gasteiger partial charge in [-0.25, -0.2) is 13.8 Å². The van der Waals surface area contributed by atoms with Crippen molar-refractivity contribution in [3.05, 3.63) is 28.5 Å². The Morgan fingerprint density at radius 2 is 2.05 bits per heavy atom. The zero-order valence-corrected chi connectivity index (χ0v) is 23.8. The van der Waals surface area contributed by atoms with Crippen molar-refractivity contribution in [3.8, 4) is 23.1 Å². The Bertz CT molecular complexity index is 1610. The van der Waals surface area contributed by atoms with Gasteiger partial charge in [-0.3, -0.25) is 4.90 Å². The molecule has 0 bridgehead atoms. The first-order valence-electron chi connectivity index (χ1n) is 14.0. The van der Waals surface area contributed by atoms with E-state index in [4.69, 9.17) is 31.5 Å². The second kappa shape index (κ2) is 10.2. The predicted octanol–water partition coefficient (Wildman–Crippen LogP) is 5.03. The Morgan fingerprint density at radius 1 is 1.23 bits per heavy atom. The van der Waals surface area contributed by atoms with Crippen molar-refractivity contribution in [1.82, 2.24) is 19.9 Å². The van der Waals surface area contributed by atoms with E-state index in [1.54, 1.807) is 11.9 Å². The average Bonchev–Trinajstić information content (AvgIpc) is 3.43. The zero-order chi connectivity index (χ0) is 30.3. The topological polar surface area (TPSA) is 98.9 Å². The molecular formula is C28H28ClF5N6O3. The highest BCUT2D eigenvalue weighted by Crippen LogP contribution is 2.47. The highest BCUT2D eigenvalue weighted by molar-refractivity contribution is 6.32. The van der Waals surface area contributed by atoms with Crippen LogP contribution in [-0.4, -0.2) is 83.7 Å². The Hall–Kier alpha value is -3.23. The molecule has 4 aliphatic rings. The van der Waals surface area contributed by atoms with Crippen LogP contribution in [0, 0.1) is 5.82 Å². The molecule has 3 fully saturated rings. The van der Waals surface area contributed by atoms with Crippen LogP contribution >= 0.6 is 11.6 Å². The molecule has 4 aliphatic heterocycles. The summed E-state index contributed by atoms with van der Waals surface area (Å²) in [6.45, 7) is 1.79. The minimum atomic E-state index is -4.95. The summed E-state index contributed by atoms with van der Waals surface area (Å²) in [7, 11) is 1.74. The summed E-state index contributed by atoms with van der Waals surface area (Å²) in [5.41, 5.74) is 2.26. The summed E-state index contributed by atoms with van der Waals surface area (Å²) in [4.78, 5) is 17.0. The van der Waals surface area contributed by atoms with E-state index in [2.05, 4.69) is 19.9 Å². The fourth-order valence-corrected chi connectivity index (χ4v) is 7.27. The molecule has 0 unspecified atom stereocenters. The number of alkyl halides is 4. The molecule has 15 heteroatoms. The number of pyridine rings is 1. The van der Waals surface area contributed by atoms with E-state index in [9.17, 15) is 17.6 Å². The monoisotopic (exact) mass is 626 g/mol. The largest absolute Gasteiger partial charge is 0.471 e. The van der Waals surface area contributed by atoms with Gasteiger partial charge in [-0.1, -0.05) is 11.6 Å². The highest BCUT2D eigenvalue weighted by Gasteiger charge is 2.49. The summed E-state index contributed by atoms with van der Waals surface area (Å²) in [6.07, 6.45) is -4.05. The second-order valence-corrected chi connectivity index (χ2v) is 12.0. The van der Waals surface area contributed by atoms with E-state index in [1.165, 1.54) is 0 Å². The molecule has 0 spiro atoms. The van der Waals surface area contributed by atoms with E-state index < -0.39 is 51.7 Å². The molecule has 0 radical (unpaired) electrons. The van der Waals surface area contributed by atoms with Crippen molar-refractivity contribution in [2.45, 2.75) is 55.7 Å². The van der Waals surface area contributed by atoms with Gasteiger partial charge in [0, 0.05) is 37.7 Å². The van der Waals surface area contributed by atoms with Crippen molar-refractivity contribution < 1.29 is 36.2 Å². The van der Waals surface area contributed by atoms with E-state index in [0.29, 0.717) is 26.0 Å². The van der Waals surface area contributed by atoms with Gasteiger partial charge < -0.3 is 24.8 Å². The van der Waals surface area contributed by atoms with E-state index >= 15 is 4.39 Å². The SMILES string of the molecule is CN1c2nc(OC[C@@]34CCCN3C[C@H](F)C4)nc3c(F)c(-c4cc(N)cc(Cl)c4C(F)(F)F)nc(c23)O[C@@H]2CCOC[C@H]21. The van der Waals surface area contributed by atoms with Crippen LogP contribution < -0.4 is 20.1 Å². The summed E-state index contributed by atoms with van der Waals surface area (Å²) in [5, 5.41) is -0.616. The molecule has 230 valence electrons. The second-order valence-electron chi connectivity index (χ2n) is 11.6. The Balaban J connectivity index is 1.41. The number of ether oxygens (including phenoxy) is 3. The number of benzene rings is 1. The minimum Gasteiger partial charge on any atom is -0.471 e. The first kappa shape index (κ1) is 28.5. The molecule has 43 heavy (non-hydrogen) atoms. The van der Waals surface area contributed by atoms with Crippen LogP contribution in [0.15, 0.2) is 12.1 Å². The minimum absolute atomic E-state index is 0.0726. The van der Waals surface area contributed by atoms with Gasteiger partial charge in [0.2, 0.25) is 5.88 Å². The molecule has 0 aliphatic carbocycles. The van der Waals surface area contributed by atoms with Crippen molar-refractivity contribution in [3.63, 3.8) is 0 Å². The van der Waals surface area contributed by atoms with Crippen LogP contribution in [0.1, 0.15) is 31.2 Å². The summed E-state index contributed by atoms with van der Waals surface area (Å²) >= 11 is 5.99. The molecule has 3 saturated heterocycles. The summed E-state index contributed by atoms with van der Waals surface area (Å²) in [6, 6.07) is 1.36. The van der Waals surface area contributed by atoms with Crippen LogP contribution in [0.4, 0.5) is 33.5 Å². The third-order valence-corrected chi connectivity index (χ3v) is 9.25. The number of rotatable bonds is 4. The standard InChI is InChI=1S/C28H28ClF5N6O3/c1-39-17-11-41-6-3-18(17)43-25-19-23(21(31)22(36-25)15-7-14(35)8-16(29)20(15)28(32,33)34)37-26(38-24(19)39)42-12-27-4-2-5-40(27)10-13(30)9-27/h7-8,13,17-18H,2-6,9-12,35H2,1H3/t13-,17-,18-,27+/m1/s1. The molecule has 4 atom stereocenters. The first-order chi connectivity index (χ1) is 20.4. The van der Waals surface area contributed by atoms with Crippen LogP contribution in [0.3, 0.4) is 0 Å². The van der Waals surface area contributed by atoms with Crippen molar-refractivity contribution in [1.29, 1.82) is 0 Å². The van der Waals surface area contributed by atoms with Gasteiger partial charge in [0.15, 0.2) is 5.82 Å². The van der Waals surface area contributed by atoms with E-state index in [1.807, 2.05) is 0 Å². The fraction of sp³-hybridized carbons (Fsp3) is 0.536. The van der Waals surface area contributed by atoms with Crippen LogP contribution in [-0.2, 0) is 10.9 Å². The lowest BCUT2D eigenvalue weighted by atomic mass is 9.95. The fourth-order valence-electron chi connectivity index (χ4n) is 6.94. The average molecular weight is 627 g/mol. The molecule has 6 heterocycles. The van der Waals surface area contributed by atoms with Gasteiger partial charge in [-0.15, -0.1) is 0 Å². The highest BCUT2D eigenvalue weighted by atomic mass is 35.5. The Kier molecular flexibility index (Phi) is 6.74. The number of likely N-dealkylation sites (N-methyl/N-ethyl adjacent to an activating group) is 1. The maximum atomic E-state index is 16.5.